The maximum absolute atomic E-state index is 13.6. The average molecular weight is 518 g/mol. The van der Waals surface area contributed by atoms with E-state index in [1.165, 1.54) is 12.4 Å². The van der Waals surface area contributed by atoms with Crippen molar-refractivity contribution in [3.63, 3.8) is 0 Å². The zero-order valence-electron chi connectivity index (χ0n) is 20.9. The highest BCUT2D eigenvalue weighted by atomic mass is 16.5. The number of pyridine rings is 1. The van der Waals surface area contributed by atoms with Gasteiger partial charge < -0.3 is 15.3 Å². The molecule has 10 heteroatoms. The third kappa shape index (κ3) is 4.71. The van der Waals surface area contributed by atoms with E-state index in [-0.39, 0.29) is 5.56 Å². The number of carboxylic acid groups (broad SMARTS) is 1. The molecule has 3 aromatic carbocycles. The predicted molar refractivity (Wildman–Crippen MR) is 143 cm³/mol. The number of hydrogen-bond acceptors (Lipinski definition) is 6. The molecule has 1 unspecified atom stereocenters. The third-order valence-electron chi connectivity index (χ3n) is 6.72. The van der Waals surface area contributed by atoms with Gasteiger partial charge in [-0.3, -0.25) is 0 Å². The Labute approximate surface area is 222 Å². The molecule has 192 valence electrons. The van der Waals surface area contributed by atoms with Crippen molar-refractivity contribution in [1.82, 2.24) is 30.2 Å². The van der Waals surface area contributed by atoms with E-state index in [9.17, 15) is 15.1 Å². The molecular weight excluding hydrogens is 494 g/mol. The molecule has 2 N–H and O–H groups in total. The number of benzene rings is 3. The van der Waals surface area contributed by atoms with Crippen molar-refractivity contribution in [3.8, 4) is 16.8 Å². The zero-order valence-corrected chi connectivity index (χ0v) is 20.9. The van der Waals surface area contributed by atoms with Gasteiger partial charge in [-0.25, -0.2) is 9.78 Å². The van der Waals surface area contributed by atoms with Crippen molar-refractivity contribution in [1.29, 1.82) is 0 Å². The predicted octanol–water partition coefficient (Wildman–Crippen LogP) is 4.22. The molecule has 1 atom stereocenters. The van der Waals surface area contributed by atoms with Crippen molar-refractivity contribution in [2.45, 2.75) is 19.3 Å². The summed E-state index contributed by atoms with van der Waals surface area (Å²) in [5.41, 5.74) is 6.28. The Morgan fingerprint density at radius 2 is 1.92 bits per heavy atom. The van der Waals surface area contributed by atoms with Crippen LogP contribution in [0.4, 0.5) is 0 Å². The summed E-state index contributed by atoms with van der Waals surface area (Å²) in [5, 5.41) is 34.5. The number of aromatic amines is 1. The summed E-state index contributed by atoms with van der Waals surface area (Å²) in [6.07, 6.45) is 3.59. The normalized spacial score (nSPS) is 12.0. The minimum Gasteiger partial charge on any atom is -0.618 e. The molecular formula is C29H23N7O3. The standard InChI is InChI=1S/C29H23N7O3/c1-18-7-11-26(35-17-30-33-34-35)22(13-18)21-9-12-27(36(39)16-21)23(14-19-5-3-2-4-6-19)28-31-24-10-8-20(29(37)38)15-25(24)32-28/h2-13,15-17,23H,14H2,1H3,(H,31,32)(H,37,38). The van der Waals surface area contributed by atoms with E-state index in [1.807, 2.05) is 67.6 Å². The number of imidazole rings is 1. The van der Waals surface area contributed by atoms with Crippen molar-refractivity contribution in [3.05, 3.63) is 125 Å². The molecule has 3 heterocycles. The largest absolute Gasteiger partial charge is 0.618 e. The van der Waals surface area contributed by atoms with E-state index >= 15 is 0 Å². The Hall–Kier alpha value is -5.38. The molecule has 6 aromatic rings. The highest BCUT2D eigenvalue weighted by Crippen LogP contribution is 2.30. The van der Waals surface area contributed by atoms with Gasteiger partial charge >= 0.3 is 5.97 Å². The minimum atomic E-state index is -1.01. The van der Waals surface area contributed by atoms with Gasteiger partial charge in [0.05, 0.1) is 22.3 Å². The second-order valence-corrected chi connectivity index (χ2v) is 9.34. The maximum atomic E-state index is 13.6. The highest BCUT2D eigenvalue weighted by Gasteiger charge is 2.27. The minimum absolute atomic E-state index is 0.164. The number of carboxylic acids is 1. The fraction of sp³-hybridized carbons (Fsp3) is 0.103. The number of tetrazole rings is 1. The van der Waals surface area contributed by atoms with Crippen LogP contribution in [-0.2, 0) is 6.42 Å². The van der Waals surface area contributed by atoms with E-state index in [0.29, 0.717) is 29.0 Å². The van der Waals surface area contributed by atoms with E-state index < -0.39 is 11.9 Å². The number of aromatic carboxylic acids is 1. The Morgan fingerprint density at radius 3 is 2.67 bits per heavy atom. The summed E-state index contributed by atoms with van der Waals surface area (Å²) in [5.74, 6) is -0.839. The summed E-state index contributed by atoms with van der Waals surface area (Å²) in [7, 11) is 0. The molecule has 10 nitrogen and oxygen atoms in total. The topological polar surface area (TPSA) is 137 Å². The molecule has 0 amide bonds. The van der Waals surface area contributed by atoms with Crippen molar-refractivity contribution in [2.24, 2.45) is 0 Å². The molecule has 0 aliphatic rings. The molecule has 6 rings (SSSR count). The van der Waals surface area contributed by atoms with Crippen molar-refractivity contribution < 1.29 is 14.6 Å². The first-order chi connectivity index (χ1) is 19.0. The Balaban J connectivity index is 1.45. The van der Waals surface area contributed by atoms with Crippen LogP contribution < -0.4 is 4.73 Å². The number of nitrogens with one attached hydrogen (secondary N) is 1. The molecule has 0 radical (unpaired) electrons. The monoisotopic (exact) mass is 517 g/mol. The van der Waals surface area contributed by atoms with Gasteiger partial charge in [0.25, 0.3) is 0 Å². The number of nitrogens with zero attached hydrogens (tertiary/aromatic N) is 6. The van der Waals surface area contributed by atoms with E-state index in [4.69, 9.17) is 4.98 Å². The smallest absolute Gasteiger partial charge is 0.335 e. The number of carbonyl (C=O) groups is 1. The van der Waals surface area contributed by atoms with Crippen LogP contribution in [0.1, 0.15) is 38.9 Å². The first kappa shape index (κ1) is 24.0. The second kappa shape index (κ2) is 9.82. The molecule has 3 aromatic heterocycles. The molecule has 39 heavy (non-hydrogen) atoms. The Kier molecular flexibility index (Phi) is 6.04. The lowest BCUT2D eigenvalue weighted by molar-refractivity contribution is -0.614. The number of aryl methyl sites for hydroxylation is 1. The number of H-pyrrole nitrogens is 1. The molecule has 0 spiro atoms. The van der Waals surface area contributed by atoms with Crippen LogP contribution >= 0.6 is 0 Å². The molecule has 0 aliphatic heterocycles. The van der Waals surface area contributed by atoms with Gasteiger partial charge in [0.2, 0.25) is 5.69 Å². The van der Waals surface area contributed by atoms with Crippen LogP contribution in [0.15, 0.2) is 91.4 Å². The number of hydrogen-bond donors (Lipinski definition) is 2. The van der Waals surface area contributed by atoms with Crippen LogP contribution in [0.2, 0.25) is 0 Å². The van der Waals surface area contributed by atoms with E-state index in [1.54, 1.807) is 23.0 Å². The summed E-state index contributed by atoms with van der Waals surface area (Å²) < 4.78 is 2.44. The lowest BCUT2D eigenvalue weighted by Gasteiger charge is -2.16. The fourth-order valence-corrected chi connectivity index (χ4v) is 4.79. The number of rotatable bonds is 7. The van der Waals surface area contributed by atoms with Crippen LogP contribution in [-0.4, -0.2) is 41.3 Å². The van der Waals surface area contributed by atoms with Crippen molar-refractivity contribution >= 4 is 17.0 Å². The molecule has 0 saturated carbocycles. The lowest BCUT2D eigenvalue weighted by Crippen LogP contribution is -2.34. The number of fused-ring (bicyclic) bond motifs is 1. The van der Waals surface area contributed by atoms with Gasteiger partial charge in [-0.15, -0.1) is 5.10 Å². The first-order valence-corrected chi connectivity index (χ1v) is 12.3. The summed E-state index contributed by atoms with van der Waals surface area (Å²) in [6.45, 7) is 1.99. The summed E-state index contributed by atoms with van der Waals surface area (Å²) >= 11 is 0. The van der Waals surface area contributed by atoms with Gasteiger partial charge in [-0.1, -0.05) is 42.0 Å². The molecule has 0 bridgehead atoms. The zero-order chi connectivity index (χ0) is 26.9. The highest BCUT2D eigenvalue weighted by molar-refractivity contribution is 5.92. The quantitative estimate of drug-likeness (QED) is 0.239. The van der Waals surface area contributed by atoms with Crippen LogP contribution in [0, 0.1) is 12.1 Å². The SMILES string of the molecule is Cc1ccc(-n2cnnn2)c(-c2ccc(C(Cc3ccccc3)c3nc4ccc(C(=O)O)cc4[nH]3)[n+]([O-])c2)c1. The second-order valence-electron chi connectivity index (χ2n) is 9.34. The van der Waals surface area contributed by atoms with Gasteiger partial charge in [-0.2, -0.15) is 9.41 Å². The van der Waals surface area contributed by atoms with E-state index in [0.717, 1.165) is 32.7 Å². The Bertz CT molecular complexity index is 1800. The Morgan fingerprint density at radius 1 is 1.08 bits per heavy atom. The van der Waals surface area contributed by atoms with Gasteiger partial charge in [0.15, 0.2) is 6.20 Å². The number of aromatic nitrogens is 7. The summed E-state index contributed by atoms with van der Waals surface area (Å²) in [6, 6.07) is 24.2. The summed E-state index contributed by atoms with van der Waals surface area (Å²) in [4.78, 5) is 19.5. The van der Waals surface area contributed by atoms with Crippen LogP contribution in [0.3, 0.4) is 0 Å². The maximum Gasteiger partial charge on any atom is 0.335 e. The van der Waals surface area contributed by atoms with E-state index in [2.05, 4.69) is 20.5 Å². The third-order valence-corrected chi connectivity index (χ3v) is 6.72. The first-order valence-electron chi connectivity index (χ1n) is 12.3. The van der Waals surface area contributed by atoms with Gasteiger partial charge in [-0.05, 0) is 65.7 Å². The van der Waals surface area contributed by atoms with Crippen molar-refractivity contribution in [2.75, 3.05) is 0 Å². The van der Waals surface area contributed by atoms with Gasteiger partial charge in [0, 0.05) is 17.2 Å². The molecule has 0 saturated heterocycles. The van der Waals surface area contributed by atoms with Gasteiger partial charge in [0.1, 0.15) is 18.1 Å². The molecule has 0 fully saturated rings. The van der Waals surface area contributed by atoms with Crippen LogP contribution in [0.25, 0.3) is 27.8 Å². The average Bonchev–Trinajstić information content (AvgIpc) is 3.62. The molecule has 0 aliphatic carbocycles. The fourth-order valence-electron chi connectivity index (χ4n) is 4.79. The van der Waals surface area contributed by atoms with Crippen LogP contribution in [0.5, 0.6) is 0 Å². The lowest BCUT2D eigenvalue weighted by atomic mass is 9.94.